The SMILES string of the molecule is O=C(COC(=O)c1cc2ccccc2[nH]1)Nc1cc(C(F)(F)F)ccc1N1CCOCC1. The molecule has 2 aromatic carbocycles. The Morgan fingerprint density at radius 3 is 2.56 bits per heavy atom. The molecule has 0 bridgehead atoms. The standard InChI is InChI=1S/C22H20F3N3O4/c23-22(24,25)15-5-6-19(28-7-9-31-10-8-28)17(12-15)27-20(29)13-32-21(30)18-11-14-3-1-2-4-16(14)26-18/h1-6,11-12,26H,7-10,13H2,(H,27,29). The zero-order valence-corrected chi connectivity index (χ0v) is 16.9. The first-order valence-corrected chi connectivity index (χ1v) is 9.90. The molecule has 0 saturated carbocycles. The Morgan fingerprint density at radius 2 is 1.84 bits per heavy atom. The van der Waals surface area contributed by atoms with Crippen LogP contribution in [0.5, 0.6) is 0 Å². The van der Waals surface area contributed by atoms with Crippen molar-refractivity contribution < 1.29 is 32.2 Å². The van der Waals surface area contributed by atoms with Crippen LogP contribution < -0.4 is 10.2 Å². The van der Waals surface area contributed by atoms with Crippen molar-refractivity contribution >= 4 is 34.2 Å². The van der Waals surface area contributed by atoms with E-state index < -0.39 is 30.2 Å². The average molecular weight is 447 g/mol. The van der Waals surface area contributed by atoms with Gasteiger partial charge in [0.05, 0.1) is 30.2 Å². The van der Waals surface area contributed by atoms with Crippen LogP contribution in [0.2, 0.25) is 0 Å². The van der Waals surface area contributed by atoms with Gasteiger partial charge in [0.1, 0.15) is 5.69 Å². The van der Waals surface area contributed by atoms with Gasteiger partial charge < -0.3 is 24.7 Å². The fourth-order valence-electron chi connectivity index (χ4n) is 3.47. The molecule has 1 aliphatic rings. The lowest BCUT2D eigenvalue weighted by molar-refractivity contribution is -0.137. The minimum absolute atomic E-state index is 0.00612. The van der Waals surface area contributed by atoms with Crippen LogP contribution in [0.1, 0.15) is 16.1 Å². The summed E-state index contributed by atoms with van der Waals surface area (Å²) in [6.07, 6.45) is -4.56. The lowest BCUT2D eigenvalue weighted by Crippen LogP contribution is -2.37. The highest BCUT2D eigenvalue weighted by Crippen LogP contribution is 2.35. The van der Waals surface area contributed by atoms with Crippen LogP contribution in [0.15, 0.2) is 48.5 Å². The third-order valence-electron chi connectivity index (χ3n) is 5.03. The van der Waals surface area contributed by atoms with Crippen molar-refractivity contribution in [3.63, 3.8) is 0 Å². The number of morpholine rings is 1. The maximum atomic E-state index is 13.2. The number of aromatic amines is 1. The Morgan fingerprint density at radius 1 is 1.09 bits per heavy atom. The Hall–Kier alpha value is -3.53. The molecule has 3 aromatic rings. The number of hydrogen-bond acceptors (Lipinski definition) is 5. The van der Waals surface area contributed by atoms with Gasteiger partial charge in [0.25, 0.3) is 5.91 Å². The molecular formula is C22H20F3N3O4. The fraction of sp³-hybridized carbons (Fsp3) is 0.273. The summed E-state index contributed by atoms with van der Waals surface area (Å²) >= 11 is 0. The van der Waals surface area contributed by atoms with Crippen LogP contribution in [0.25, 0.3) is 10.9 Å². The van der Waals surface area contributed by atoms with Crippen LogP contribution >= 0.6 is 0 Å². The normalized spacial score (nSPS) is 14.4. The predicted octanol–water partition coefficient (Wildman–Crippen LogP) is 3.82. The van der Waals surface area contributed by atoms with Gasteiger partial charge in [0, 0.05) is 24.0 Å². The van der Waals surface area contributed by atoms with Crippen molar-refractivity contribution in [1.82, 2.24) is 4.98 Å². The Labute approximate surface area is 181 Å². The number of halogens is 3. The molecule has 10 heteroatoms. The smallest absolute Gasteiger partial charge is 0.416 e. The quantitative estimate of drug-likeness (QED) is 0.581. The maximum Gasteiger partial charge on any atom is 0.416 e. The number of nitrogens with zero attached hydrogens (tertiary/aromatic N) is 1. The zero-order valence-electron chi connectivity index (χ0n) is 16.9. The summed E-state index contributed by atoms with van der Waals surface area (Å²) in [4.78, 5) is 29.4. The van der Waals surface area contributed by atoms with Gasteiger partial charge in [0.2, 0.25) is 0 Å². The number of amides is 1. The van der Waals surface area contributed by atoms with E-state index in [1.54, 1.807) is 12.1 Å². The minimum Gasteiger partial charge on any atom is -0.451 e. The largest absolute Gasteiger partial charge is 0.451 e. The van der Waals surface area contributed by atoms with Gasteiger partial charge in [-0.25, -0.2) is 4.79 Å². The number of nitrogens with one attached hydrogen (secondary N) is 2. The monoisotopic (exact) mass is 447 g/mol. The number of benzene rings is 2. The average Bonchev–Trinajstić information content (AvgIpc) is 3.22. The van der Waals surface area contributed by atoms with E-state index in [0.717, 1.165) is 23.0 Å². The first-order valence-electron chi connectivity index (χ1n) is 9.90. The number of carbonyl (C=O) groups excluding carboxylic acids is 2. The van der Waals surface area contributed by atoms with E-state index in [-0.39, 0.29) is 11.4 Å². The molecule has 1 aliphatic heterocycles. The second-order valence-corrected chi connectivity index (χ2v) is 7.22. The van der Waals surface area contributed by atoms with Crippen molar-refractivity contribution in [1.29, 1.82) is 0 Å². The molecule has 1 saturated heterocycles. The molecule has 32 heavy (non-hydrogen) atoms. The summed E-state index contributed by atoms with van der Waals surface area (Å²) < 4.78 is 49.9. The van der Waals surface area contributed by atoms with Crippen LogP contribution in [-0.2, 0) is 20.4 Å². The first-order chi connectivity index (χ1) is 15.3. The molecular weight excluding hydrogens is 427 g/mol. The van der Waals surface area contributed by atoms with E-state index >= 15 is 0 Å². The number of aromatic nitrogens is 1. The third-order valence-corrected chi connectivity index (χ3v) is 5.03. The lowest BCUT2D eigenvalue weighted by Gasteiger charge is -2.31. The lowest BCUT2D eigenvalue weighted by atomic mass is 10.1. The van der Waals surface area contributed by atoms with Crippen LogP contribution in [0.3, 0.4) is 0 Å². The molecule has 2 N–H and O–H groups in total. The van der Waals surface area contributed by atoms with Crippen LogP contribution in [-0.4, -0.2) is 49.8 Å². The highest BCUT2D eigenvalue weighted by atomic mass is 19.4. The molecule has 0 radical (unpaired) electrons. The topological polar surface area (TPSA) is 83.7 Å². The van der Waals surface area contributed by atoms with Gasteiger partial charge in [-0.05, 0) is 30.3 Å². The molecule has 0 unspecified atom stereocenters. The minimum atomic E-state index is -4.56. The maximum absolute atomic E-state index is 13.2. The molecule has 7 nitrogen and oxygen atoms in total. The summed E-state index contributed by atoms with van der Waals surface area (Å²) in [6.45, 7) is 1.16. The van der Waals surface area contributed by atoms with Crippen molar-refractivity contribution in [2.45, 2.75) is 6.18 Å². The Kier molecular flexibility index (Phi) is 6.04. The van der Waals surface area contributed by atoms with Gasteiger partial charge in [-0.15, -0.1) is 0 Å². The highest BCUT2D eigenvalue weighted by Gasteiger charge is 2.32. The molecule has 4 rings (SSSR count). The zero-order chi connectivity index (χ0) is 22.7. The van der Waals surface area contributed by atoms with Gasteiger partial charge in [-0.1, -0.05) is 18.2 Å². The highest BCUT2D eigenvalue weighted by molar-refractivity contribution is 5.99. The number of anilines is 2. The summed E-state index contributed by atoms with van der Waals surface area (Å²) in [6, 6.07) is 12.0. The molecule has 1 fully saturated rings. The number of H-pyrrole nitrogens is 1. The fourth-order valence-corrected chi connectivity index (χ4v) is 3.47. The molecule has 168 valence electrons. The molecule has 1 amide bonds. The second kappa shape index (κ2) is 8.91. The number of fused-ring (bicyclic) bond motifs is 1. The summed E-state index contributed by atoms with van der Waals surface area (Å²) in [7, 11) is 0. The van der Waals surface area contributed by atoms with Crippen LogP contribution in [0.4, 0.5) is 24.5 Å². The van der Waals surface area contributed by atoms with Gasteiger partial charge >= 0.3 is 12.1 Å². The van der Waals surface area contributed by atoms with Crippen molar-refractivity contribution in [3.05, 3.63) is 59.8 Å². The Balaban J connectivity index is 1.46. The van der Waals surface area contributed by atoms with Crippen molar-refractivity contribution in [2.75, 3.05) is 43.1 Å². The number of rotatable bonds is 5. The number of alkyl halides is 3. The second-order valence-electron chi connectivity index (χ2n) is 7.22. The number of ether oxygens (including phenoxy) is 2. The molecule has 2 heterocycles. The number of esters is 1. The van der Waals surface area contributed by atoms with Gasteiger partial charge in [0.15, 0.2) is 6.61 Å². The number of carbonyl (C=O) groups is 2. The molecule has 0 aliphatic carbocycles. The molecule has 0 atom stereocenters. The number of hydrogen-bond donors (Lipinski definition) is 2. The number of para-hydroxylation sites is 1. The van der Waals surface area contributed by atoms with Gasteiger partial charge in [-0.3, -0.25) is 4.79 Å². The van der Waals surface area contributed by atoms with E-state index in [4.69, 9.17) is 9.47 Å². The summed E-state index contributed by atoms with van der Waals surface area (Å²) in [5, 5.41) is 3.25. The van der Waals surface area contributed by atoms with Gasteiger partial charge in [-0.2, -0.15) is 13.2 Å². The van der Waals surface area contributed by atoms with E-state index in [1.807, 2.05) is 23.1 Å². The van der Waals surface area contributed by atoms with Crippen molar-refractivity contribution in [3.8, 4) is 0 Å². The van der Waals surface area contributed by atoms with E-state index in [0.29, 0.717) is 32.0 Å². The molecule has 1 aromatic heterocycles. The predicted molar refractivity (Wildman–Crippen MR) is 112 cm³/mol. The summed E-state index contributed by atoms with van der Waals surface area (Å²) in [5.74, 6) is -1.49. The van der Waals surface area contributed by atoms with E-state index in [1.165, 1.54) is 6.07 Å². The van der Waals surface area contributed by atoms with Crippen molar-refractivity contribution in [2.24, 2.45) is 0 Å². The molecule has 0 spiro atoms. The van der Waals surface area contributed by atoms with Crippen LogP contribution in [0, 0.1) is 0 Å². The third kappa shape index (κ3) is 4.86. The Bertz CT molecular complexity index is 1100. The summed E-state index contributed by atoms with van der Waals surface area (Å²) in [5.41, 5.74) is 0.458. The van der Waals surface area contributed by atoms with E-state index in [2.05, 4.69) is 10.3 Å². The first kappa shape index (κ1) is 21.7. The van der Waals surface area contributed by atoms with E-state index in [9.17, 15) is 22.8 Å².